The van der Waals surface area contributed by atoms with Gasteiger partial charge < -0.3 is 10.3 Å². The third-order valence-corrected chi connectivity index (χ3v) is 2.83. The molecule has 0 spiro atoms. The number of hydrogen-bond donors (Lipinski definition) is 1. The zero-order valence-electron chi connectivity index (χ0n) is 10.3. The highest BCUT2D eigenvalue weighted by Gasteiger charge is 2.11. The molecule has 6 nitrogen and oxygen atoms in total. The van der Waals surface area contributed by atoms with Crippen molar-refractivity contribution in [3.05, 3.63) is 49.2 Å². The van der Waals surface area contributed by atoms with Crippen LogP contribution in [0.15, 0.2) is 49.2 Å². The fourth-order valence-electron chi connectivity index (χ4n) is 1.93. The van der Waals surface area contributed by atoms with E-state index < -0.39 is 0 Å². The maximum absolute atomic E-state index is 5.53. The van der Waals surface area contributed by atoms with Gasteiger partial charge in [-0.05, 0) is 12.1 Å². The fraction of sp³-hybridized carbons (Fsp3) is 0.154. The third kappa shape index (κ3) is 2.25. The van der Waals surface area contributed by atoms with E-state index in [1.165, 1.54) is 0 Å². The lowest BCUT2D eigenvalue weighted by Gasteiger charge is -2.03. The van der Waals surface area contributed by atoms with Gasteiger partial charge in [-0.25, -0.2) is 4.98 Å². The highest BCUT2D eigenvalue weighted by atomic mass is 15.3. The lowest BCUT2D eigenvalue weighted by Crippen LogP contribution is -2.07. The topological polar surface area (TPSA) is 74.6 Å². The van der Waals surface area contributed by atoms with Gasteiger partial charge in [0.2, 0.25) is 0 Å². The predicted molar refractivity (Wildman–Crippen MR) is 71.6 cm³/mol. The van der Waals surface area contributed by atoms with Gasteiger partial charge in [0, 0.05) is 25.0 Å². The molecular formula is C13H14N6. The normalized spacial score (nSPS) is 10.8. The first-order valence-corrected chi connectivity index (χ1v) is 6.06. The number of nitrogens with zero attached hydrogens (tertiary/aromatic N) is 5. The monoisotopic (exact) mass is 254 g/mol. The molecule has 2 heterocycles. The number of hydrogen-bond acceptors (Lipinski definition) is 4. The summed E-state index contributed by atoms with van der Waals surface area (Å²) in [6.45, 7) is 1.33. The first-order chi connectivity index (χ1) is 9.38. The first-order valence-electron chi connectivity index (χ1n) is 6.06. The van der Waals surface area contributed by atoms with Crippen LogP contribution in [0.2, 0.25) is 0 Å². The van der Waals surface area contributed by atoms with E-state index in [1.807, 2.05) is 45.7 Å². The molecule has 2 N–H and O–H groups in total. The number of para-hydroxylation sites is 1. The highest BCUT2D eigenvalue weighted by molar-refractivity contribution is 5.52. The lowest BCUT2D eigenvalue weighted by atomic mass is 10.3. The molecule has 0 aliphatic carbocycles. The SMILES string of the molecule is NCCn1cnc(-c2nncn2-c2ccccc2)c1. The molecular weight excluding hydrogens is 240 g/mol. The molecule has 0 saturated heterocycles. The van der Waals surface area contributed by atoms with Crippen LogP contribution in [0.5, 0.6) is 0 Å². The summed E-state index contributed by atoms with van der Waals surface area (Å²) in [5, 5.41) is 8.11. The molecule has 96 valence electrons. The second-order valence-corrected chi connectivity index (χ2v) is 4.15. The summed E-state index contributed by atoms with van der Waals surface area (Å²) in [6, 6.07) is 9.94. The van der Waals surface area contributed by atoms with E-state index in [1.54, 1.807) is 12.7 Å². The predicted octanol–water partition coefficient (Wildman–Crippen LogP) is 1.09. The van der Waals surface area contributed by atoms with Gasteiger partial charge in [-0.3, -0.25) is 4.57 Å². The lowest BCUT2D eigenvalue weighted by molar-refractivity contribution is 0.708. The summed E-state index contributed by atoms with van der Waals surface area (Å²) in [7, 11) is 0. The van der Waals surface area contributed by atoms with E-state index >= 15 is 0 Å². The van der Waals surface area contributed by atoms with E-state index in [4.69, 9.17) is 5.73 Å². The smallest absolute Gasteiger partial charge is 0.188 e. The zero-order chi connectivity index (χ0) is 13.1. The van der Waals surface area contributed by atoms with Gasteiger partial charge >= 0.3 is 0 Å². The molecule has 0 aliphatic rings. The Labute approximate surface area is 110 Å². The van der Waals surface area contributed by atoms with E-state index in [0.717, 1.165) is 23.8 Å². The molecule has 0 atom stereocenters. The van der Waals surface area contributed by atoms with Crippen molar-refractivity contribution in [3.63, 3.8) is 0 Å². The number of aromatic nitrogens is 5. The average Bonchev–Trinajstić information content (AvgIpc) is 3.08. The minimum absolute atomic E-state index is 0.584. The molecule has 0 saturated carbocycles. The molecule has 3 rings (SSSR count). The van der Waals surface area contributed by atoms with Gasteiger partial charge in [0.15, 0.2) is 5.82 Å². The van der Waals surface area contributed by atoms with E-state index in [2.05, 4.69) is 15.2 Å². The van der Waals surface area contributed by atoms with Crippen molar-refractivity contribution in [2.75, 3.05) is 6.54 Å². The molecule has 0 amide bonds. The molecule has 6 heteroatoms. The Morgan fingerprint density at radius 2 is 1.95 bits per heavy atom. The molecule has 0 unspecified atom stereocenters. The summed E-state index contributed by atoms with van der Waals surface area (Å²) in [4.78, 5) is 4.35. The number of benzene rings is 1. The van der Waals surface area contributed by atoms with Crippen molar-refractivity contribution in [1.29, 1.82) is 0 Å². The summed E-state index contributed by atoms with van der Waals surface area (Å²) in [6.07, 6.45) is 5.37. The zero-order valence-corrected chi connectivity index (χ0v) is 10.3. The van der Waals surface area contributed by atoms with Gasteiger partial charge in [-0.15, -0.1) is 10.2 Å². The van der Waals surface area contributed by atoms with E-state index in [0.29, 0.717) is 6.54 Å². The van der Waals surface area contributed by atoms with Gasteiger partial charge in [-0.1, -0.05) is 18.2 Å². The van der Waals surface area contributed by atoms with Crippen LogP contribution in [0, 0.1) is 0 Å². The Morgan fingerprint density at radius 1 is 1.11 bits per heavy atom. The maximum Gasteiger partial charge on any atom is 0.188 e. The summed E-state index contributed by atoms with van der Waals surface area (Å²) in [5.41, 5.74) is 7.32. The Bertz CT molecular complexity index is 655. The summed E-state index contributed by atoms with van der Waals surface area (Å²) >= 11 is 0. The van der Waals surface area contributed by atoms with Crippen molar-refractivity contribution in [1.82, 2.24) is 24.3 Å². The molecule has 0 fully saturated rings. The van der Waals surface area contributed by atoms with Gasteiger partial charge in [0.1, 0.15) is 12.0 Å². The van der Waals surface area contributed by atoms with Gasteiger partial charge in [0.05, 0.1) is 6.33 Å². The van der Waals surface area contributed by atoms with Crippen molar-refractivity contribution >= 4 is 0 Å². The molecule has 0 radical (unpaired) electrons. The third-order valence-electron chi connectivity index (χ3n) is 2.83. The molecule has 0 aliphatic heterocycles. The van der Waals surface area contributed by atoms with Crippen molar-refractivity contribution in [2.45, 2.75) is 6.54 Å². The van der Waals surface area contributed by atoms with Crippen LogP contribution in [0.3, 0.4) is 0 Å². The average molecular weight is 254 g/mol. The fourth-order valence-corrected chi connectivity index (χ4v) is 1.93. The first kappa shape index (κ1) is 11.6. The second-order valence-electron chi connectivity index (χ2n) is 4.15. The van der Waals surface area contributed by atoms with Crippen molar-refractivity contribution in [3.8, 4) is 17.2 Å². The molecule has 1 aromatic carbocycles. The summed E-state index contributed by atoms with van der Waals surface area (Å²) < 4.78 is 3.86. The minimum atomic E-state index is 0.584. The number of nitrogens with two attached hydrogens (primary N) is 1. The van der Waals surface area contributed by atoms with Crippen molar-refractivity contribution < 1.29 is 0 Å². The Hall–Kier alpha value is -2.47. The molecule has 0 bridgehead atoms. The van der Waals surface area contributed by atoms with Crippen LogP contribution in [-0.2, 0) is 6.54 Å². The molecule has 3 aromatic rings. The largest absolute Gasteiger partial charge is 0.335 e. The van der Waals surface area contributed by atoms with Crippen LogP contribution in [0.4, 0.5) is 0 Å². The Balaban J connectivity index is 1.99. The molecule has 2 aromatic heterocycles. The summed E-state index contributed by atoms with van der Waals surface area (Å²) in [5.74, 6) is 0.724. The van der Waals surface area contributed by atoms with E-state index in [9.17, 15) is 0 Å². The number of imidazole rings is 1. The van der Waals surface area contributed by atoms with Crippen LogP contribution < -0.4 is 5.73 Å². The van der Waals surface area contributed by atoms with Gasteiger partial charge in [0.25, 0.3) is 0 Å². The van der Waals surface area contributed by atoms with Crippen LogP contribution in [0.1, 0.15) is 0 Å². The van der Waals surface area contributed by atoms with Gasteiger partial charge in [-0.2, -0.15) is 0 Å². The van der Waals surface area contributed by atoms with Crippen molar-refractivity contribution in [2.24, 2.45) is 5.73 Å². The molecule has 19 heavy (non-hydrogen) atoms. The van der Waals surface area contributed by atoms with Crippen LogP contribution in [0.25, 0.3) is 17.2 Å². The quantitative estimate of drug-likeness (QED) is 0.756. The standard InChI is InChI=1S/C13H14N6/c14-6-7-18-8-12(15-9-18)13-17-16-10-19(13)11-4-2-1-3-5-11/h1-5,8-10H,6-7,14H2. The van der Waals surface area contributed by atoms with Crippen LogP contribution >= 0.6 is 0 Å². The Kier molecular flexibility index (Phi) is 3.07. The maximum atomic E-state index is 5.53. The minimum Gasteiger partial charge on any atom is -0.335 e. The Morgan fingerprint density at radius 3 is 2.74 bits per heavy atom. The van der Waals surface area contributed by atoms with E-state index in [-0.39, 0.29) is 0 Å². The second kappa shape index (κ2) is 5.03. The highest BCUT2D eigenvalue weighted by Crippen LogP contribution is 2.18. The number of rotatable bonds is 4. The van der Waals surface area contributed by atoms with Crippen LogP contribution in [-0.4, -0.2) is 30.9 Å².